The van der Waals surface area contributed by atoms with E-state index in [9.17, 15) is 4.79 Å². The molecule has 2 aromatic heterocycles. The van der Waals surface area contributed by atoms with Gasteiger partial charge in [0.05, 0.1) is 5.56 Å². The Labute approximate surface area is 137 Å². The number of nitrogens with one attached hydrogen (secondary N) is 1. The highest BCUT2D eigenvalue weighted by Gasteiger charge is 2.15. The predicted octanol–water partition coefficient (Wildman–Crippen LogP) is 3.50. The molecule has 0 bridgehead atoms. The fraction of sp³-hybridized carbons (Fsp3) is 0.125. The van der Waals surface area contributed by atoms with E-state index in [0.717, 1.165) is 16.2 Å². The molecule has 1 N–H and O–H groups in total. The number of carbonyl (C=O) groups excluding carboxylic acids is 1. The number of aromatic nitrogens is 3. The number of nitrogens with zero attached hydrogens (tertiary/aromatic N) is 3. The molecule has 0 aliphatic heterocycles. The van der Waals surface area contributed by atoms with Crippen LogP contribution < -0.4 is 5.32 Å². The van der Waals surface area contributed by atoms with Crippen LogP contribution in [0.2, 0.25) is 0 Å². The molecule has 3 rings (SSSR count). The first kappa shape index (κ1) is 15.2. The summed E-state index contributed by atoms with van der Waals surface area (Å²) >= 11 is 1.61. The fourth-order valence-corrected chi connectivity index (χ4v) is 2.79. The van der Waals surface area contributed by atoms with Gasteiger partial charge in [-0.1, -0.05) is 24.2 Å². The topological polar surface area (TPSA) is 80.9 Å². The van der Waals surface area contributed by atoms with Gasteiger partial charge in [0.15, 0.2) is 0 Å². The van der Waals surface area contributed by atoms with Crippen molar-refractivity contribution >= 4 is 23.7 Å². The Hall–Kier alpha value is -2.67. The average Bonchev–Trinajstić information content (AvgIpc) is 3.05. The normalized spacial score (nSPS) is 10.5. The monoisotopic (exact) mass is 326 g/mol. The van der Waals surface area contributed by atoms with Crippen molar-refractivity contribution in [1.29, 1.82) is 0 Å². The third-order valence-electron chi connectivity index (χ3n) is 3.00. The van der Waals surface area contributed by atoms with Gasteiger partial charge in [-0.2, -0.15) is 0 Å². The molecular weight excluding hydrogens is 312 g/mol. The van der Waals surface area contributed by atoms with Crippen LogP contribution in [0.5, 0.6) is 0 Å². The zero-order valence-electron chi connectivity index (χ0n) is 12.4. The molecule has 23 heavy (non-hydrogen) atoms. The third-order valence-corrected chi connectivity index (χ3v) is 3.96. The molecule has 0 unspecified atom stereocenters. The summed E-state index contributed by atoms with van der Waals surface area (Å²) in [6.45, 7) is 2.04. The standard InChI is InChI=1S/C16H14N4O2S/c1-2-23-13-6-4-3-5-12(13)14(21)18-16-20-19-15(22-16)11-7-9-17-10-8-11/h3-10H,2H2,1H3,(H,18,20,21). The number of carbonyl (C=O) groups is 1. The van der Waals surface area contributed by atoms with Gasteiger partial charge >= 0.3 is 6.01 Å². The van der Waals surface area contributed by atoms with Gasteiger partial charge in [-0.25, -0.2) is 0 Å². The van der Waals surface area contributed by atoms with Crippen LogP contribution in [0.4, 0.5) is 6.01 Å². The first-order valence-corrected chi connectivity index (χ1v) is 8.03. The molecule has 0 aliphatic carbocycles. The minimum absolute atomic E-state index is 0.0677. The number of benzene rings is 1. The van der Waals surface area contributed by atoms with Gasteiger partial charge < -0.3 is 4.42 Å². The molecule has 0 saturated heterocycles. The molecule has 2 heterocycles. The minimum atomic E-state index is -0.272. The summed E-state index contributed by atoms with van der Waals surface area (Å²) < 4.78 is 5.47. The molecule has 6 nitrogen and oxygen atoms in total. The van der Waals surface area contributed by atoms with Gasteiger partial charge in [-0.3, -0.25) is 15.1 Å². The van der Waals surface area contributed by atoms with Crippen molar-refractivity contribution < 1.29 is 9.21 Å². The number of amides is 1. The summed E-state index contributed by atoms with van der Waals surface area (Å²) in [6, 6.07) is 11.0. The number of hydrogen-bond donors (Lipinski definition) is 1. The van der Waals surface area contributed by atoms with Crippen molar-refractivity contribution in [2.45, 2.75) is 11.8 Å². The lowest BCUT2D eigenvalue weighted by atomic mass is 10.2. The third kappa shape index (κ3) is 3.57. The quantitative estimate of drug-likeness (QED) is 0.723. The summed E-state index contributed by atoms with van der Waals surface area (Å²) in [5.74, 6) is 0.947. The molecule has 0 fully saturated rings. The maximum Gasteiger partial charge on any atom is 0.322 e. The van der Waals surface area contributed by atoms with Gasteiger partial charge in [0.2, 0.25) is 5.89 Å². The van der Waals surface area contributed by atoms with E-state index in [1.807, 2.05) is 25.1 Å². The largest absolute Gasteiger partial charge is 0.403 e. The molecule has 0 saturated carbocycles. The number of anilines is 1. The number of rotatable bonds is 5. The Morgan fingerprint density at radius 2 is 1.96 bits per heavy atom. The fourth-order valence-electron chi connectivity index (χ4n) is 1.98. The van der Waals surface area contributed by atoms with E-state index >= 15 is 0 Å². The smallest absolute Gasteiger partial charge is 0.322 e. The van der Waals surface area contributed by atoms with Crippen LogP contribution in [0, 0.1) is 0 Å². The Balaban J connectivity index is 1.78. The highest BCUT2D eigenvalue weighted by atomic mass is 32.2. The molecule has 7 heteroatoms. The lowest BCUT2D eigenvalue weighted by Gasteiger charge is -2.06. The predicted molar refractivity (Wildman–Crippen MR) is 88.3 cm³/mol. The van der Waals surface area contributed by atoms with Gasteiger partial charge in [-0.15, -0.1) is 16.9 Å². The van der Waals surface area contributed by atoms with Gasteiger partial charge in [0.1, 0.15) is 0 Å². The van der Waals surface area contributed by atoms with Crippen LogP contribution in [0.3, 0.4) is 0 Å². The van der Waals surface area contributed by atoms with Gasteiger partial charge in [-0.05, 0) is 30.0 Å². The second-order valence-corrected chi connectivity index (χ2v) is 5.84. The van der Waals surface area contributed by atoms with Crippen molar-refractivity contribution in [3.8, 4) is 11.5 Å². The first-order chi connectivity index (χ1) is 11.3. The zero-order chi connectivity index (χ0) is 16.1. The van der Waals surface area contributed by atoms with Crippen molar-refractivity contribution in [2.75, 3.05) is 11.1 Å². The van der Waals surface area contributed by atoms with E-state index < -0.39 is 0 Å². The summed E-state index contributed by atoms with van der Waals surface area (Å²) in [4.78, 5) is 17.2. The summed E-state index contributed by atoms with van der Waals surface area (Å²) in [5, 5.41) is 10.4. The molecular formula is C16H14N4O2S. The molecule has 1 aromatic carbocycles. The van der Waals surface area contributed by atoms with Crippen molar-refractivity contribution in [3.63, 3.8) is 0 Å². The average molecular weight is 326 g/mol. The van der Waals surface area contributed by atoms with Crippen molar-refractivity contribution in [3.05, 3.63) is 54.4 Å². The highest BCUT2D eigenvalue weighted by Crippen LogP contribution is 2.24. The second-order valence-electron chi connectivity index (χ2n) is 4.53. The lowest BCUT2D eigenvalue weighted by molar-refractivity contribution is 0.102. The van der Waals surface area contributed by atoms with Crippen LogP contribution in [-0.4, -0.2) is 26.8 Å². The van der Waals surface area contributed by atoms with Crippen LogP contribution in [0.25, 0.3) is 11.5 Å². The first-order valence-electron chi connectivity index (χ1n) is 7.05. The summed E-state index contributed by atoms with van der Waals surface area (Å²) in [7, 11) is 0. The van der Waals surface area contributed by atoms with Crippen LogP contribution in [-0.2, 0) is 0 Å². The van der Waals surface area contributed by atoms with E-state index in [-0.39, 0.29) is 11.9 Å². The van der Waals surface area contributed by atoms with Crippen LogP contribution >= 0.6 is 11.8 Å². The Kier molecular flexibility index (Phi) is 4.68. The van der Waals surface area contributed by atoms with E-state index in [1.54, 1.807) is 42.4 Å². The van der Waals surface area contributed by atoms with Gasteiger partial charge in [0.25, 0.3) is 5.91 Å². The van der Waals surface area contributed by atoms with E-state index in [2.05, 4.69) is 20.5 Å². The molecule has 1 amide bonds. The van der Waals surface area contributed by atoms with Crippen LogP contribution in [0.1, 0.15) is 17.3 Å². The van der Waals surface area contributed by atoms with E-state index in [0.29, 0.717) is 11.5 Å². The molecule has 116 valence electrons. The molecule has 0 radical (unpaired) electrons. The molecule has 0 spiro atoms. The number of thioether (sulfide) groups is 1. The Morgan fingerprint density at radius 3 is 2.74 bits per heavy atom. The second kappa shape index (κ2) is 7.06. The van der Waals surface area contributed by atoms with Gasteiger partial charge in [0, 0.05) is 22.9 Å². The summed E-state index contributed by atoms with van der Waals surface area (Å²) in [6.07, 6.45) is 3.27. The summed E-state index contributed by atoms with van der Waals surface area (Å²) in [5.41, 5.74) is 1.33. The van der Waals surface area contributed by atoms with Crippen molar-refractivity contribution in [2.24, 2.45) is 0 Å². The Morgan fingerprint density at radius 1 is 1.17 bits per heavy atom. The highest BCUT2D eigenvalue weighted by molar-refractivity contribution is 7.99. The number of hydrogen-bond acceptors (Lipinski definition) is 6. The van der Waals surface area contributed by atoms with Crippen LogP contribution in [0.15, 0.2) is 58.1 Å². The SMILES string of the molecule is CCSc1ccccc1C(=O)Nc1nnc(-c2ccncc2)o1. The van der Waals surface area contributed by atoms with E-state index in [4.69, 9.17) is 4.42 Å². The molecule has 3 aromatic rings. The van der Waals surface area contributed by atoms with Crippen molar-refractivity contribution in [1.82, 2.24) is 15.2 Å². The number of pyridine rings is 1. The maximum absolute atomic E-state index is 12.4. The minimum Gasteiger partial charge on any atom is -0.403 e. The molecule has 0 atom stereocenters. The van der Waals surface area contributed by atoms with E-state index in [1.165, 1.54) is 0 Å². The maximum atomic E-state index is 12.4. The lowest BCUT2D eigenvalue weighted by Crippen LogP contribution is -2.13. The Bertz CT molecular complexity index is 805. The molecule has 0 aliphatic rings. The zero-order valence-corrected chi connectivity index (χ0v) is 13.2.